The SMILES string of the molecule is CNCC(C)C(=O)N(C)Cc1cccc(Cl)c1Cl.Cl. The zero-order valence-corrected chi connectivity index (χ0v) is 13.6. The van der Waals surface area contributed by atoms with Gasteiger partial charge in [-0.3, -0.25) is 4.79 Å². The quantitative estimate of drug-likeness (QED) is 0.901. The van der Waals surface area contributed by atoms with Crippen LogP contribution in [-0.4, -0.2) is 31.4 Å². The maximum atomic E-state index is 12.0. The van der Waals surface area contributed by atoms with E-state index < -0.39 is 0 Å². The summed E-state index contributed by atoms with van der Waals surface area (Å²) in [6.07, 6.45) is 0. The molecule has 1 aromatic carbocycles. The fourth-order valence-corrected chi connectivity index (χ4v) is 2.15. The van der Waals surface area contributed by atoms with Crippen molar-refractivity contribution in [2.75, 3.05) is 20.6 Å². The van der Waals surface area contributed by atoms with Gasteiger partial charge in [0.05, 0.1) is 10.0 Å². The predicted molar refractivity (Wildman–Crippen MR) is 83.3 cm³/mol. The van der Waals surface area contributed by atoms with Gasteiger partial charge in [-0.2, -0.15) is 0 Å². The van der Waals surface area contributed by atoms with E-state index in [2.05, 4.69) is 5.32 Å². The van der Waals surface area contributed by atoms with Crippen molar-refractivity contribution in [1.29, 1.82) is 0 Å². The summed E-state index contributed by atoms with van der Waals surface area (Å²) in [5, 5.41) is 4.02. The monoisotopic (exact) mass is 324 g/mol. The Hall–Kier alpha value is -0.480. The lowest BCUT2D eigenvalue weighted by molar-refractivity contribution is -0.134. The van der Waals surface area contributed by atoms with Crippen LogP contribution in [-0.2, 0) is 11.3 Å². The lowest BCUT2D eigenvalue weighted by Crippen LogP contribution is -2.35. The second-order valence-electron chi connectivity index (χ2n) is 4.37. The van der Waals surface area contributed by atoms with Crippen molar-refractivity contribution >= 4 is 41.5 Å². The first-order valence-electron chi connectivity index (χ1n) is 5.79. The van der Waals surface area contributed by atoms with Gasteiger partial charge < -0.3 is 10.2 Å². The second-order valence-corrected chi connectivity index (χ2v) is 5.15. The summed E-state index contributed by atoms with van der Waals surface area (Å²) in [7, 11) is 3.60. The van der Waals surface area contributed by atoms with Crippen molar-refractivity contribution < 1.29 is 4.79 Å². The molecule has 0 fully saturated rings. The third kappa shape index (κ3) is 5.19. The number of carbonyl (C=O) groups excluding carboxylic acids is 1. The minimum Gasteiger partial charge on any atom is -0.341 e. The van der Waals surface area contributed by atoms with E-state index in [0.29, 0.717) is 23.1 Å². The highest BCUT2D eigenvalue weighted by Crippen LogP contribution is 2.26. The van der Waals surface area contributed by atoms with E-state index >= 15 is 0 Å². The van der Waals surface area contributed by atoms with E-state index in [1.54, 1.807) is 18.0 Å². The summed E-state index contributed by atoms with van der Waals surface area (Å²) in [5.41, 5.74) is 0.858. The Balaban J connectivity index is 0.00000324. The first-order chi connectivity index (χ1) is 8.47. The van der Waals surface area contributed by atoms with Gasteiger partial charge in [-0.15, -0.1) is 12.4 Å². The number of nitrogens with one attached hydrogen (secondary N) is 1. The molecule has 0 aliphatic carbocycles. The van der Waals surface area contributed by atoms with Crippen molar-refractivity contribution in [3.05, 3.63) is 33.8 Å². The summed E-state index contributed by atoms with van der Waals surface area (Å²) >= 11 is 12.0. The molecule has 1 N–H and O–H groups in total. The van der Waals surface area contributed by atoms with Crippen molar-refractivity contribution in [1.82, 2.24) is 10.2 Å². The molecular weight excluding hydrogens is 307 g/mol. The van der Waals surface area contributed by atoms with Gasteiger partial charge in [0, 0.05) is 26.1 Å². The van der Waals surface area contributed by atoms with Gasteiger partial charge in [-0.25, -0.2) is 0 Å². The van der Waals surface area contributed by atoms with E-state index in [1.165, 1.54) is 0 Å². The fraction of sp³-hybridized carbons (Fsp3) is 0.462. The largest absolute Gasteiger partial charge is 0.341 e. The maximum Gasteiger partial charge on any atom is 0.226 e. The molecule has 108 valence electrons. The van der Waals surface area contributed by atoms with E-state index in [9.17, 15) is 4.79 Å². The molecule has 0 radical (unpaired) electrons. The molecule has 0 saturated carbocycles. The Bertz CT molecular complexity index is 426. The number of hydrogen-bond donors (Lipinski definition) is 1. The molecule has 0 aliphatic rings. The van der Waals surface area contributed by atoms with Crippen LogP contribution in [0.3, 0.4) is 0 Å². The predicted octanol–water partition coefficient (Wildman–Crippen LogP) is 3.23. The fourth-order valence-electron chi connectivity index (χ4n) is 1.77. The molecule has 0 saturated heterocycles. The smallest absolute Gasteiger partial charge is 0.226 e. The van der Waals surface area contributed by atoms with E-state index in [4.69, 9.17) is 23.2 Å². The number of benzene rings is 1. The van der Waals surface area contributed by atoms with Crippen LogP contribution >= 0.6 is 35.6 Å². The van der Waals surface area contributed by atoms with Gasteiger partial charge >= 0.3 is 0 Å². The highest BCUT2D eigenvalue weighted by atomic mass is 35.5. The molecule has 1 atom stereocenters. The Kier molecular flexibility index (Phi) is 8.42. The molecule has 1 amide bonds. The van der Waals surface area contributed by atoms with Crippen LogP contribution in [0, 0.1) is 5.92 Å². The summed E-state index contributed by atoms with van der Waals surface area (Å²) in [6, 6.07) is 5.44. The highest BCUT2D eigenvalue weighted by molar-refractivity contribution is 6.42. The molecule has 1 rings (SSSR count). The number of halogens is 3. The molecule has 1 unspecified atom stereocenters. The van der Waals surface area contributed by atoms with Crippen LogP contribution in [0.1, 0.15) is 12.5 Å². The summed E-state index contributed by atoms with van der Waals surface area (Å²) < 4.78 is 0. The Labute approximate surface area is 130 Å². The minimum atomic E-state index is -0.0574. The van der Waals surface area contributed by atoms with Gasteiger partial charge in [0.2, 0.25) is 5.91 Å². The number of nitrogens with zero attached hydrogens (tertiary/aromatic N) is 1. The number of rotatable bonds is 5. The highest BCUT2D eigenvalue weighted by Gasteiger charge is 2.17. The molecule has 0 aromatic heterocycles. The van der Waals surface area contributed by atoms with Crippen molar-refractivity contribution in [3.8, 4) is 0 Å². The lowest BCUT2D eigenvalue weighted by Gasteiger charge is -2.22. The van der Waals surface area contributed by atoms with Crippen LogP contribution < -0.4 is 5.32 Å². The summed E-state index contributed by atoms with van der Waals surface area (Å²) in [5.74, 6) is 0.0263. The molecule has 0 aliphatic heterocycles. The van der Waals surface area contributed by atoms with Crippen molar-refractivity contribution in [3.63, 3.8) is 0 Å². The summed E-state index contributed by atoms with van der Waals surface area (Å²) in [6.45, 7) is 3.02. The molecular formula is C13H19Cl3N2O. The first-order valence-corrected chi connectivity index (χ1v) is 6.55. The van der Waals surface area contributed by atoms with Crippen LogP contribution in [0.2, 0.25) is 10.0 Å². The number of amides is 1. The second kappa shape index (κ2) is 8.64. The lowest BCUT2D eigenvalue weighted by atomic mass is 10.1. The van der Waals surface area contributed by atoms with Crippen LogP contribution in [0.25, 0.3) is 0 Å². The van der Waals surface area contributed by atoms with E-state index in [1.807, 2.05) is 26.1 Å². The molecule has 19 heavy (non-hydrogen) atoms. The van der Waals surface area contributed by atoms with Gasteiger partial charge in [-0.05, 0) is 18.7 Å². The average Bonchev–Trinajstić information content (AvgIpc) is 2.34. The summed E-state index contributed by atoms with van der Waals surface area (Å²) in [4.78, 5) is 13.7. The van der Waals surface area contributed by atoms with Crippen LogP contribution in [0.4, 0.5) is 0 Å². The van der Waals surface area contributed by atoms with E-state index in [0.717, 1.165) is 5.56 Å². The molecule has 3 nitrogen and oxygen atoms in total. The topological polar surface area (TPSA) is 32.3 Å². The zero-order chi connectivity index (χ0) is 13.7. The Morgan fingerprint density at radius 1 is 1.42 bits per heavy atom. The first kappa shape index (κ1) is 18.5. The molecule has 1 aromatic rings. The molecule has 0 heterocycles. The van der Waals surface area contributed by atoms with Crippen molar-refractivity contribution in [2.24, 2.45) is 5.92 Å². The minimum absolute atomic E-state index is 0. The van der Waals surface area contributed by atoms with Gasteiger partial charge in [-0.1, -0.05) is 42.3 Å². The third-order valence-electron chi connectivity index (χ3n) is 2.75. The zero-order valence-electron chi connectivity index (χ0n) is 11.2. The normalized spacial score (nSPS) is 11.6. The van der Waals surface area contributed by atoms with Crippen LogP contribution in [0.5, 0.6) is 0 Å². The van der Waals surface area contributed by atoms with Crippen LogP contribution in [0.15, 0.2) is 18.2 Å². The van der Waals surface area contributed by atoms with Gasteiger partial charge in [0.25, 0.3) is 0 Å². The standard InChI is InChI=1S/C13H18Cl2N2O.ClH/c1-9(7-16-2)13(18)17(3)8-10-5-4-6-11(14)12(10)15;/h4-6,9,16H,7-8H2,1-3H3;1H. The molecule has 6 heteroatoms. The average molecular weight is 326 g/mol. The van der Waals surface area contributed by atoms with E-state index in [-0.39, 0.29) is 24.2 Å². The third-order valence-corrected chi connectivity index (χ3v) is 3.61. The molecule has 0 bridgehead atoms. The Morgan fingerprint density at radius 2 is 2.05 bits per heavy atom. The van der Waals surface area contributed by atoms with Crippen molar-refractivity contribution in [2.45, 2.75) is 13.5 Å². The maximum absolute atomic E-state index is 12.0. The van der Waals surface area contributed by atoms with Gasteiger partial charge in [0.1, 0.15) is 0 Å². The Morgan fingerprint density at radius 3 is 2.63 bits per heavy atom. The number of carbonyl (C=O) groups is 1. The van der Waals surface area contributed by atoms with Gasteiger partial charge in [0.15, 0.2) is 0 Å². The molecule has 0 spiro atoms. The number of hydrogen-bond acceptors (Lipinski definition) is 2.